The number of alkyl halides is 3. The fraction of sp³-hybridized carbons (Fsp3) is 0.294. The SMILES string of the molecule is Oc1cc(C(F)(F)F)cnc1-c1nnc(NC2CC(O)C2)c2ccncc12. The predicted molar refractivity (Wildman–Crippen MR) is 89.9 cm³/mol. The number of halogens is 3. The molecule has 3 heterocycles. The van der Waals surface area contributed by atoms with Gasteiger partial charge in [0.25, 0.3) is 0 Å². The molecule has 1 aliphatic rings. The van der Waals surface area contributed by atoms with Crippen molar-refractivity contribution in [2.75, 3.05) is 5.32 Å². The maximum absolute atomic E-state index is 12.8. The maximum Gasteiger partial charge on any atom is 0.418 e. The van der Waals surface area contributed by atoms with E-state index in [9.17, 15) is 23.4 Å². The number of aliphatic hydroxyl groups is 1. The summed E-state index contributed by atoms with van der Waals surface area (Å²) >= 11 is 0. The van der Waals surface area contributed by atoms with Gasteiger partial charge in [-0.2, -0.15) is 13.2 Å². The summed E-state index contributed by atoms with van der Waals surface area (Å²) in [7, 11) is 0. The maximum atomic E-state index is 12.8. The number of hydrogen-bond donors (Lipinski definition) is 3. The average Bonchev–Trinajstić information content (AvgIpc) is 2.60. The lowest BCUT2D eigenvalue weighted by molar-refractivity contribution is -0.137. The Balaban J connectivity index is 1.77. The van der Waals surface area contributed by atoms with E-state index in [1.807, 2.05) is 0 Å². The summed E-state index contributed by atoms with van der Waals surface area (Å²) in [5.74, 6) is -0.174. The topological polar surface area (TPSA) is 104 Å². The van der Waals surface area contributed by atoms with Gasteiger partial charge in [-0.25, -0.2) is 4.98 Å². The molecule has 3 N–H and O–H groups in total. The Morgan fingerprint density at radius 2 is 1.85 bits per heavy atom. The first-order chi connectivity index (χ1) is 12.8. The van der Waals surface area contributed by atoms with Gasteiger partial charge in [-0.3, -0.25) is 4.98 Å². The van der Waals surface area contributed by atoms with Gasteiger partial charge in [-0.15, -0.1) is 10.2 Å². The highest BCUT2D eigenvalue weighted by molar-refractivity contribution is 5.99. The zero-order valence-corrected chi connectivity index (χ0v) is 13.8. The smallest absolute Gasteiger partial charge is 0.418 e. The number of hydrogen-bond acceptors (Lipinski definition) is 7. The Hall–Kier alpha value is -3.01. The third-order valence-electron chi connectivity index (χ3n) is 4.45. The second kappa shape index (κ2) is 6.31. The van der Waals surface area contributed by atoms with Crippen molar-refractivity contribution >= 4 is 16.6 Å². The molecule has 3 aromatic rings. The molecule has 3 aromatic heterocycles. The normalized spacial score (nSPS) is 19.7. The van der Waals surface area contributed by atoms with Crippen LogP contribution >= 0.6 is 0 Å². The number of fused-ring (bicyclic) bond motifs is 1. The van der Waals surface area contributed by atoms with Gasteiger partial charge in [-0.05, 0) is 25.0 Å². The van der Waals surface area contributed by atoms with Crippen LogP contribution in [0.5, 0.6) is 5.75 Å². The van der Waals surface area contributed by atoms with Crippen LogP contribution in [0.15, 0.2) is 30.7 Å². The Bertz CT molecular complexity index is 1010. The van der Waals surface area contributed by atoms with Crippen molar-refractivity contribution < 1.29 is 23.4 Å². The molecule has 7 nitrogen and oxygen atoms in total. The first kappa shape index (κ1) is 17.4. The quantitative estimate of drug-likeness (QED) is 0.645. The van der Waals surface area contributed by atoms with E-state index in [0.29, 0.717) is 41.7 Å². The number of nitrogens with one attached hydrogen (secondary N) is 1. The molecule has 1 fully saturated rings. The van der Waals surface area contributed by atoms with Crippen LogP contribution in [-0.2, 0) is 6.18 Å². The fourth-order valence-electron chi connectivity index (χ4n) is 2.97. The van der Waals surface area contributed by atoms with E-state index in [4.69, 9.17) is 0 Å². The molecule has 1 saturated carbocycles. The Morgan fingerprint density at radius 1 is 1.07 bits per heavy atom. The molecular formula is C17H14F3N5O2. The number of nitrogens with zero attached hydrogens (tertiary/aromatic N) is 4. The van der Waals surface area contributed by atoms with Crippen LogP contribution in [0.2, 0.25) is 0 Å². The second-order valence-electron chi connectivity index (χ2n) is 6.37. The monoisotopic (exact) mass is 377 g/mol. The summed E-state index contributed by atoms with van der Waals surface area (Å²) in [5.41, 5.74) is -1.04. The van der Waals surface area contributed by atoms with Gasteiger partial charge in [0.15, 0.2) is 5.82 Å². The van der Waals surface area contributed by atoms with Crippen LogP contribution in [0.25, 0.3) is 22.2 Å². The molecule has 0 saturated heterocycles. The van der Waals surface area contributed by atoms with Gasteiger partial charge in [0, 0.05) is 35.4 Å². The number of aromatic nitrogens is 4. The molecule has 0 aliphatic heterocycles. The van der Waals surface area contributed by atoms with Crippen molar-refractivity contribution in [1.82, 2.24) is 20.2 Å². The number of aromatic hydroxyl groups is 1. The van der Waals surface area contributed by atoms with Crippen molar-refractivity contribution in [3.05, 3.63) is 36.3 Å². The number of rotatable bonds is 3. The molecule has 0 bridgehead atoms. The molecule has 0 spiro atoms. The van der Waals surface area contributed by atoms with Gasteiger partial charge >= 0.3 is 6.18 Å². The summed E-state index contributed by atoms with van der Waals surface area (Å²) in [6.07, 6.45) is -0.0847. The van der Waals surface area contributed by atoms with Crippen LogP contribution in [0.3, 0.4) is 0 Å². The fourth-order valence-corrected chi connectivity index (χ4v) is 2.97. The lowest BCUT2D eigenvalue weighted by Crippen LogP contribution is -2.39. The Morgan fingerprint density at radius 3 is 2.52 bits per heavy atom. The summed E-state index contributed by atoms with van der Waals surface area (Å²) in [4.78, 5) is 7.77. The number of anilines is 1. The molecule has 4 rings (SSSR count). The van der Waals surface area contributed by atoms with Gasteiger partial charge in [0.1, 0.15) is 17.1 Å². The van der Waals surface area contributed by atoms with Gasteiger partial charge in [0.05, 0.1) is 11.7 Å². The first-order valence-corrected chi connectivity index (χ1v) is 8.14. The molecular weight excluding hydrogens is 363 g/mol. The standard InChI is InChI=1S/C17H14F3N5O2/c18-17(19,20)8-3-13(27)15(22-6-8)14-12-7-21-2-1-11(12)16(25-24-14)23-9-4-10(26)5-9/h1-3,6-7,9-10,26-27H,4-5H2,(H,23,25). The molecule has 0 amide bonds. The van der Waals surface area contributed by atoms with Crippen molar-refractivity contribution in [3.63, 3.8) is 0 Å². The number of pyridine rings is 2. The molecule has 0 unspecified atom stereocenters. The zero-order valence-electron chi connectivity index (χ0n) is 13.8. The largest absolute Gasteiger partial charge is 0.506 e. The summed E-state index contributed by atoms with van der Waals surface area (Å²) in [5, 5.41) is 31.9. The van der Waals surface area contributed by atoms with Crippen LogP contribution in [-0.4, -0.2) is 42.5 Å². The third kappa shape index (κ3) is 3.23. The summed E-state index contributed by atoms with van der Waals surface area (Å²) in [6, 6.07) is 2.36. The van der Waals surface area contributed by atoms with Crippen LogP contribution in [0, 0.1) is 0 Å². The Labute approximate surface area is 150 Å². The number of aliphatic hydroxyl groups excluding tert-OH is 1. The molecule has 0 aromatic carbocycles. The van der Waals surface area contributed by atoms with E-state index in [-0.39, 0.29) is 23.5 Å². The highest BCUT2D eigenvalue weighted by Gasteiger charge is 2.32. The zero-order chi connectivity index (χ0) is 19.2. The van der Waals surface area contributed by atoms with E-state index < -0.39 is 17.5 Å². The average molecular weight is 377 g/mol. The van der Waals surface area contributed by atoms with Crippen LogP contribution < -0.4 is 5.32 Å². The molecule has 27 heavy (non-hydrogen) atoms. The molecule has 0 radical (unpaired) electrons. The predicted octanol–water partition coefficient (Wildman–Crippen LogP) is 2.75. The van der Waals surface area contributed by atoms with E-state index in [2.05, 4.69) is 25.5 Å². The van der Waals surface area contributed by atoms with E-state index in [0.717, 1.165) is 0 Å². The van der Waals surface area contributed by atoms with Crippen molar-refractivity contribution in [3.8, 4) is 17.1 Å². The van der Waals surface area contributed by atoms with Crippen LogP contribution in [0.4, 0.5) is 19.0 Å². The Kier molecular flexibility index (Phi) is 4.06. The summed E-state index contributed by atoms with van der Waals surface area (Å²) < 4.78 is 38.3. The highest BCUT2D eigenvalue weighted by atomic mass is 19.4. The van der Waals surface area contributed by atoms with Gasteiger partial charge in [0.2, 0.25) is 0 Å². The molecule has 0 atom stereocenters. The lowest BCUT2D eigenvalue weighted by Gasteiger charge is -2.32. The third-order valence-corrected chi connectivity index (χ3v) is 4.45. The highest BCUT2D eigenvalue weighted by Crippen LogP contribution is 2.37. The first-order valence-electron chi connectivity index (χ1n) is 8.14. The summed E-state index contributed by atoms with van der Waals surface area (Å²) in [6.45, 7) is 0. The van der Waals surface area contributed by atoms with Crippen molar-refractivity contribution in [1.29, 1.82) is 0 Å². The van der Waals surface area contributed by atoms with E-state index in [1.165, 1.54) is 6.20 Å². The molecule has 140 valence electrons. The van der Waals surface area contributed by atoms with E-state index >= 15 is 0 Å². The minimum atomic E-state index is -4.61. The molecule has 10 heteroatoms. The second-order valence-corrected chi connectivity index (χ2v) is 6.37. The lowest BCUT2D eigenvalue weighted by atomic mass is 9.89. The van der Waals surface area contributed by atoms with Gasteiger partial charge < -0.3 is 15.5 Å². The van der Waals surface area contributed by atoms with Gasteiger partial charge in [-0.1, -0.05) is 0 Å². The minimum Gasteiger partial charge on any atom is -0.506 e. The van der Waals surface area contributed by atoms with Crippen LogP contribution in [0.1, 0.15) is 18.4 Å². The minimum absolute atomic E-state index is 0.0640. The molecule has 1 aliphatic carbocycles. The van der Waals surface area contributed by atoms with E-state index in [1.54, 1.807) is 12.3 Å². The van der Waals surface area contributed by atoms with Crippen molar-refractivity contribution in [2.24, 2.45) is 0 Å². The van der Waals surface area contributed by atoms with Crippen molar-refractivity contribution in [2.45, 2.75) is 31.2 Å².